The molecule has 0 bridgehead atoms. The SMILES string of the molecule is CCCCCCC=C[N+](C)(CCCCCCCC)CCCCCCCC.[Cl-]. The van der Waals surface area contributed by atoms with Crippen LogP contribution in [0.5, 0.6) is 0 Å². The molecular formula is C25H52ClN. The molecule has 0 aliphatic heterocycles. The summed E-state index contributed by atoms with van der Waals surface area (Å²) in [6.07, 6.45) is 28.8. The van der Waals surface area contributed by atoms with Crippen LogP contribution in [0.15, 0.2) is 12.3 Å². The third-order valence-corrected chi connectivity index (χ3v) is 5.73. The van der Waals surface area contributed by atoms with Gasteiger partial charge in [0.2, 0.25) is 0 Å². The molecule has 27 heavy (non-hydrogen) atoms. The van der Waals surface area contributed by atoms with E-state index in [1.165, 1.54) is 127 Å². The van der Waals surface area contributed by atoms with Gasteiger partial charge in [-0.25, -0.2) is 0 Å². The maximum atomic E-state index is 2.55. The molecule has 0 radical (unpaired) electrons. The first kappa shape index (κ1) is 29.2. The second-order valence-electron chi connectivity index (χ2n) is 8.70. The van der Waals surface area contributed by atoms with Gasteiger partial charge in [0.15, 0.2) is 0 Å². The van der Waals surface area contributed by atoms with Crippen LogP contribution in [0.3, 0.4) is 0 Å². The summed E-state index contributed by atoms with van der Waals surface area (Å²) in [6, 6.07) is 0. The minimum Gasteiger partial charge on any atom is -1.00 e. The van der Waals surface area contributed by atoms with Gasteiger partial charge in [0.1, 0.15) is 0 Å². The second kappa shape index (κ2) is 22.3. The lowest BCUT2D eigenvalue weighted by molar-refractivity contribution is -0.860. The number of hydrogen-bond donors (Lipinski definition) is 0. The zero-order valence-electron chi connectivity index (χ0n) is 19.4. The van der Waals surface area contributed by atoms with Crippen LogP contribution >= 0.6 is 0 Å². The summed E-state index contributed by atoms with van der Waals surface area (Å²) in [6.45, 7) is 9.59. The topological polar surface area (TPSA) is 0 Å². The van der Waals surface area contributed by atoms with Crippen molar-refractivity contribution in [3.05, 3.63) is 12.3 Å². The Bertz CT molecular complexity index is 285. The van der Waals surface area contributed by atoms with Crippen LogP contribution in [0.1, 0.15) is 130 Å². The van der Waals surface area contributed by atoms with E-state index >= 15 is 0 Å². The van der Waals surface area contributed by atoms with Crippen molar-refractivity contribution >= 4 is 0 Å². The zero-order chi connectivity index (χ0) is 19.3. The van der Waals surface area contributed by atoms with Gasteiger partial charge in [-0.15, -0.1) is 0 Å². The summed E-state index contributed by atoms with van der Waals surface area (Å²) in [4.78, 5) is 0. The Morgan fingerprint density at radius 3 is 1.33 bits per heavy atom. The smallest absolute Gasteiger partial charge is 0.0915 e. The monoisotopic (exact) mass is 401 g/mol. The number of unbranched alkanes of at least 4 members (excludes halogenated alkanes) is 14. The second-order valence-corrected chi connectivity index (χ2v) is 8.70. The molecule has 0 aliphatic rings. The summed E-state index contributed by atoms with van der Waals surface area (Å²) in [5, 5.41) is 0. The number of rotatable bonds is 20. The third kappa shape index (κ3) is 20.5. The fourth-order valence-corrected chi connectivity index (χ4v) is 3.79. The van der Waals surface area contributed by atoms with E-state index in [0.29, 0.717) is 0 Å². The van der Waals surface area contributed by atoms with Crippen molar-refractivity contribution in [3.8, 4) is 0 Å². The van der Waals surface area contributed by atoms with E-state index < -0.39 is 0 Å². The lowest BCUT2D eigenvalue weighted by Gasteiger charge is -2.31. The van der Waals surface area contributed by atoms with Crippen LogP contribution in [0.25, 0.3) is 0 Å². The van der Waals surface area contributed by atoms with E-state index in [9.17, 15) is 0 Å². The molecule has 0 saturated heterocycles. The first-order chi connectivity index (χ1) is 12.7. The fourth-order valence-electron chi connectivity index (χ4n) is 3.79. The molecule has 0 N–H and O–H groups in total. The average molecular weight is 402 g/mol. The Kier molecular flexibility index (Phi) is 24.1. The number of quaternary nitrogens is 1. The highest BCUT2D eigenvalue weighted by Gasteiger charge is 2.17. The molecule has 0 heterocycles. The number of nitrogens with zero attached hydrogens (tertiary/aromatic N) is 1. The van der Waals surface area contributed by atoms with Gasteiger partial charge >= 0.3 is 0 Å². The molecule has 0 aromatic heterocycles. The molecule has 0 amide bonds. The van der Waals surface area contributed by atoms with Gasteiger partial charge in [0.05, 0.1) is 26.3 Å². The molecule has 0 aromatic rings. The van der Waals surface area contributed by atoms with Gasteiger partial charge in [-0.3, -0.25) is 4.48 Å². The molecule has 0 atom stereocenters. The van der Waals surface area contributed by atoms with Crippen molar-refractivity contribution in [1.29, 1.82) is 0 Å². The molecule has 0 saturated carbocycles. The quantitative estimate of drug-likeness (QED) is 0.183. The maximum absolute atomic E-state index is 2.55. The molecule has 0 fully saturated rings. The van der Waals surface area contributed by atoms with E-state index in [0.717, 1.165) is 0 Å². The predicted molar refractivity (Wildman–Crippen MR) is 121 cm³/mol. The maximum Gasteiger partial charge on any atom is 0.0915 e. The highest BCUT2D eigenvalue weighted by atomic mass is 35.5. The van der Waals surface area contributed by atoms with Crippen molar-refractivity contribution in [2.75, 3.05) is 20.1 Å². The van der Waals surface area contributed by atoms with E-state index in [-0.39, 0.29) is 12.4 Å². The summed E-state index contributed by atoms with van der Waals surface area (Å²) in [7, 11) is 2.47. The minimum atomic E-state index is 0. The van der Waals surface area contributed by atoms with Crippen molar-refractivity contribution < 1.29 is 16.9 Å². The summed E-state index contributed by atoms with van der Waals surface area (Å²) in [5.41, 5.74) is 0. The van der Waals surface area contributed by atoms with E-state index in [2.05, 4.69) is 40.1 Å². The average Bonchev–Trinajstić information content (AvgIpc) is 2.64. The third-order valence-electron chi connectivity index (χ3n) is 5.73. The van der Waals surface area contributed by atoms with Gasteiger partial charge in [-0.05, 0) is 44.6 Å². The van der Waals surface area contributed by atoms with Gasteiger partial charge in [-0.1, -0.05) is 91.4 Å². The first-order valence-electron chi connectivity index (χ1n) is 12.2. The molecule has 0 spiro atoms. The highest BCUT2D eigenvalue weighted by molar-refractivity contribution is 4.74. The number of allylic oxidation sites excluding steroid dienone is 1. The Labute approximate surface area is 179 Å². The van der Waals surface area contributed by atoms with Crippen LogP contribution in [-0.4, -0.2) is 24.6 Å². The largest absolute Gasteiger partial charge is 1.00 e. The van der Waals surface area contributed by atoms with Crippen LogP contribution < -0.4 is 12.4 Å². The lowest BCUT2D eigenvalue weighted by Crippen LogP contribution is -3.00. The molecule has 0 rings (SSSR count). The van der Waals surface area contributed by atoms with Crippen LogP contribution in [0.4, 0.5) is 0 Å². The first-order valence-corrected chi connectivity index (χ1v) is 12.2. The number of halogens is 1. The summed E-state index contributed by atoms with van der Waals surface area (Å²) in [5.74, 6) is 0. The Balaban J connectivity index is 0. The predicted octanol–water partition coefficient (Wildman–Crippen LogP) is 5.64. The Hall–Kier alpha value is -0.0100. The number of hydrogen-bond acceptors (Lipinski definition) is 0. The molecule has 2 heteroatoms. The standard InChI is InChI=1S/C25H52N.ClH/c1-5-8-11-14-17-20-23-26(4,24-21-18-15-12-9-6-2)25-22-19-16-13-10-7-3;/h20,23H,5-19,21-22,24-25H2,1-4H3;1H/q+1;/p-1. The molecule has 164 valence electrons. The van der Waals surface area contributed by atoms with Crippen molar-refractivity contribution in [3.63, 3.8) is 0 Å². The molecule has 0 aliphatic carbocycles. The lowest BCUT2D eigenvalue weighted by atomic mass is 10.1. The van der Waals surface area contributed by atoms with Crippen LogP contribution in [0, 0.1) is 0 Å². The van der Waals surface area contributed by atoms with E-state index in [1.54, 1.807) is 0 Å². The molecule has 1 nitrogen and oxygen atoms in total. The minimum absolute atomic E-state index is 0. The van der Waals surface area contributed by atoms with E-state index in [1.807, 2.05) is 0 Å². The Morgan fingerprint density at radius 2 is 0.889 bits per heavy atom. The van der Waals surface area contributed by atoms with Crippen molar-refractivity contribution in [2.24, 2.45) is 0 Å². The highest BCUT2D eigenvalue weighted by Crippen LogP contribution is 2.15. The zero-order valence-corrected chi connectivity index (χ0v) is 20.2. The summed E-state index contributed by atoms with van der Waals surface area (Å²) >= 11 is 0. The van der Waals surface area contributed by atoms with Gasteiger partial charge < -0.3 is 12.4 Å². The van der Waals surface area contributed by atoms with Crippen LogP contribution in [0.2, 0.25) is 0 Å². The van der Waals surface area contributed by atoms with Gasteiger partial charge in [0.25, 0.3) is 0 Å². The van der Waals surface area contributed by atoms with Crippen molar-refractivity contribution in [1.82, 2.24) is 0 Å². The van der Waals surface area contributed by atoms with Crippen molar-refractivity contribution in [2.45, 2.75) is 130 Å². The van der Waals surface area contributed by atoms with Gasteiger partial charge in [0, 0.05) is 0 Å². The Morgan fingerprint density at radius 1 is 0.519 bits per heavy atom. The molecule has 0 unspecified atom stereocenters. The summed E-state index contributed by atoms with van der Waals surface area (Å²) < 4.78 is 1.18. The van der Waals surface area contributed by atoms with E-state index in [4.69, 9.17) is 0 Å². The van der Waals surface area contributed by atoms with Crippen LogP contribution in [-0.2, 0) is 0 Å². The molecular weight excluding hydrogens is 350 g/mol. The van der Waals surface area contributed by atoms with Gasteiger partial charge in [-0.2, -0.15) is 0 Å². The molecule has 0 aromatic carbocycles. The fraction of sp³-hybridized carbons (Fsp3) is 0.920. The normalized spacial score (nSPS) is 11.9.